The van der Waals surface area contributed by atoms with E-state index in [0.717, 1.165) is 6.07 Å². The Labute approximate surface area is 119 Å². The predicted octanol–water partition coefficient (Wildman–Crippen LogP) is 1.92. The molecule has 0 aliphatic rings. The quantitative estimate of drug-likeness (QED) is 0.839. The molecule has 0 atom stereocenters. The molecule has 110 valence electrons. The van der Waals surface area contributed by atoms with Gasteiger partial charge in [-0.3, -0.25) is 4.79 Å². The minimum Gasteiger partial charge on any atom is -0.465 e. The molecule has 6 nitrogen and oxygen atoms in total. The van der Waals surface area contributed by atoms with E-state index in [9.17, 15) is 14.0 Å². The van der Waals surface area contributed by atoms with Gasteiger partial charge in [-0.15, -0.1) is 0 Å². The SMILES string of the molecule is COC(=O)c1ccc(F)c(NC(=O)c2ccc(CN)o2)c1. The topological polar surface area (TPSA) is 94.6 Å². The van der Waals surface area contributed by atoms with Crippen molar-refractivity contribution in [1.29, 1.82) is 0 Å². The number of nitrogens with one attached hydrogen (secondary N) is 1. The number of methoxy groups -OCH3 is 1. The molecular weight excluding hydrogens is 279 g/mol. The molecule has 21 heavy (non-hydrogen) atoms. The number of anilines is 1. The summed E-state index contributed by atoms with van der Waals surface area (Å²) in [5, 5.41) is 2.33. The molecule has 0 bridgehead atoms. The number of furan rings is 1. The summed E-state index contributed by atoms with van der Waals surface area (Å²) in [6.07, 6.45) is 0. The van der Waals surface area contributed by atoms with Crippen molar-refractivity contribution in [2.75, 3.05) is 12.4 Å². The minimum atomic E-state index is -0.679. The number of amides is 1. The van der Waals surface area contributed by atoms with Crippen molar-refractivity contribution in [1.82, 2.24) is 0 Å². The van der Waals surface area contributed by atoms with Crippen LogP contribution in [0.2, 0.25) is 0 Å². The van der Waals surface area contributed by atoms with Gasteiger partial charge in [0.05, 0.1) is 24.9 Å². The molecule has 1 aromatic carbocycles. The van der Waals surface area contributed by atoms with Gasteiger partial charge >= 0.3 is 5.97 Å². The van der Waals surface area contributed by atoms with Crippen LogP contribution in [0.15, 0.2) is 34.7 Å². The Bertz CT molecular complexity index is 681. The van der Waals surface area contributed by atoms with E-state index in [-0.39, 0.29) is 23.6 Å². The Morgan fingerprint density at radius 1 is 1.33 bits per heavy atom. The van der Waals surface area contributed by atoms with E-state index in [1.807, 2.05) is 0 Å². The van der Waals surface area contributed by atoms with E-state index in [4.69, 9.17) is 10.2 Å². The van der Waals surface area contributed by atoms with E-state index < -0.39 is 17.7 Å². The molecule has 0 saturated heterocycles. The fourth-order valence-electron chi connectivity index (χ4n) is 1.66. The first-order valence-corrected chi connectivity index (χ1v) is 6.03. The maximum atomic E-state index is 13.7. The maximum absolute atomic E-state index is 13.7. The van der Waals surface area contributed by atoms with E-state index >= 15 is 0 Å². The fraction of sp³-hybridized carbons (Fsp3) is 0.143. The number of hydrogen-bond donors (Lipinski definition) is 2. The Balaban J connectivity index is 2.22. The second kappa shape index (κ2) is 6.19. The minimum absolute atomic E-state index is 0.00155. The number of rotatable bonds is 4. The van der Waals surface area contributed by atoms with Crippen molar-refractivity contribution < 1.29 is 23.1 Å². The van der Waals surface area contributed by atoms with Crippen LogP contribution >= 0.6 is 0 Å². The number of carbonyl (C=O) groups excluding carboxylic acids is 2. The van der Waals surface area contributed by atoms with E-state index in [2.05, 4.69) is 10.1 Å². The average Bonchev–Trinajstić information content (AvgIpc) is 2.97. The van der Waals surface area contributed by atoms with Crippen LogP contribution in [0.3, 0.4) is 0 Å². The summed E-state index contributed by atoms with van der Waals surface area (Å²) in [5.74, 6) is -1.52. The first-order chi connectivity index (χ1) is 10.0. The zero-order valence-electron chi connectivity index (χ0n) is 11.2. The summed E-state index contributed by atoms with van der Waals surface area (Å²) in [4.78, 5) is 23.3. The highest BCUT2D eigenvalue weighted by atomic mass is 19.1. The molecule has 0 aliphatic heterocycles. The molecule has 1 aromatic heterocycles. The molecule has 1 amide bonds. The van der Waals surface area contributed by atoms with Gasteiger partial charge in [-0.05, 0) is 30.3 Å². The molecule has 0 saturated carbocycles. The second-order valence-corrected chi connectivity index (χ2v) is 4.11. The lowest BCUT2D eigenvalue weighted by Crippen LogP contribution is -2.13. The van der Waals surface area contributed by atoms with Crippen LogP contribution in [0.4, 0.5) is 10.1 Å². The molecule has 1 heterocycles. The smallest absolute Gasteiger partial charge is 0.337 e. The number of hydrogen-bond acceptors (Lipinski definition) is 5. The number of ether oxygens (including phenoxy) is 1. The monoisotopic (exact) mass is 292 g/mol. The Morgan fingerprint density at radius 2 is 2.10 bits per heavy atom. The van der Waals surface area contributed by atoms with Gasteiger partial charge in [0, 0.05) is 0 Å². The predicted molar refractivity (Wildman–Crippen MR) is 72.3 cm³/mol. The molecule has 2 rings (SSSR count). The van der Waals surface area contributed by atoms with Crippen LogP contribution in [-0.4, -0.2) is 19.0 Å². The molecule has 0 radical (unpaired) electrons. The third-order valence-corrected chi connectivity index (χ3v) is 2.72. The van der Waals surface area contributed by atoms with Gasteiger partial charge in [0.25, 0.3) is 5.91 Å². The summed E-state index contributed by atoms with van der Waals surface area (Å²) in [6.45, 7) is 0.152. The van der Waals surface area contributed by atoms with Crippen LogP contribution < -0.4 is 11.1 Å². The number of esters is 1. The largest absolute Gasteiger partial charge is 0.465 e. The highest BCUT2D eigenvalue weighted by molar-refractivity contribution is 6.03. The van der Waals surface area contributed by atoms with Gasteiger partial charge in [-0.2, -0.15) is 0 Å². The molecule has 0 unspecified atom stereocenters. The van der Waals surface area contributed by atoms with Crippen molar-refractivity contribution in [2.24, 2.45) is 5.73 Å². The number of benzene rings is 1. The standard InChI is InChI=1S/C14H13FN2O4/c1-20-14(19)8-2-4-10(15)11(6-8)17-13(18)12-5-3-9(7-16)21-12/h2-6H,7,16H2,1H3,(H,17,18). The third kappa shape index (κ3) is 3.26. The van der Waals surface area contributed by atoms with E-state index in [1.165, 1.54) is 25.3 Å². The number of halogens is 1. The molecule has 0 fully saturated rings. The lowest BCUT2D eigenvalue weighted by atomic mass is 10.2. The summed E-state index contributed by atoms with van der Waals surface area (Å²) in [7, 11) is 1.21. The molecule has 3 N–H and O–H groups in total. The normalized spacial score (nSPS) is 10.2. The van der Waals surface area contributed by atoms with E-state index in [0.29, 0.717) is 5.76 Å². The summed E-state index contributed by atoms with van der Waals surface area (Å²) in [6, 6.07) is 6.49. The van der Waals surface area contributed by atoms with Gasteiger partial charge < -0.3 is 20.2 Å². The molecule has 0 aliphatic carbocycles. The van der Waals surface area contributed by atoms with Gasteiger partial charge in [-0.25, -0.2) is 9.18 Å². The number of carbonyl (C=O) groups is 2. The first kappa shape index (κ1) is 14.7. The van der Waals surface area contributed by atoms with Crippen molar-refractivity contribution in [3.63, 3.8) is 0 Å². The summed E-state index contributed by atoms with van der Waals surface area (Å²) < 4.78 is 23.4. The van der Waals surface area contributed by atoms with Gasteiger partial charge in [-0.1, -0.05) is 0 Å². The van der Waals surface area contributed by atoms with Crippen molar-refractivity contribution >= 4 is 17.6 Å². The molecule has 7 heteroatoms. The third-order valence-electron chi connectivity index (χ3n) is 2.72. The van der Waals surface area contributed by atoms with Crippen LogP contribution in [0.5, 0.6) is 0 Å². The van der Waals surface area contributed by atoms with Crippen molar-refractivity contribution in [3.05, 3.63) is 53.2 Å². The fourth-order valence-corrected chi connectivity index (χ4v) is 1.66. The summed E-state index contributed by atoms with van der Waals surface area (Å²) >= 11 is 0. The van der Waals surface area contributed by atoms with Crippen LogP contribution in [0, 0.1) is 5.82 Å². The van der Waals surface area contributed by atoms with Crippen molar-refractivity contribution in [2.45, 2.75) is 6.54 Å². The van der Waals surface area contributed by atoms with Crippen LogP contribution in [0.1, 0.15) is 26.7 Å². The zero-order valence-corrected chi connectivity index (χ0v) is 11.2. The highest BCUT2D eigenvalue weighted by Gasteiger charge is 2.15. The van der Waals surface area contributed by atoms with Gasteiger partial charge in [0.15, 0.2) is 5.76 Å². The lowest BCUT2D eigenvalue weighted by molar-refractivity contribution is 0.0600. The Hall–Kier alpha value is -2.67. The van der Waals surface area contributed by atoms with Crippen LogP contribution in [-0.2, 0) is 11.3 Å². The summed E-state index contributed by atoms with van der Waals surface area (Å²) in [5.41, 5.74) is 5.35. The Kier molecular flexibility index (Phi) is 4.34. The first-order valence-electron chi connectivity index (χ1n) is 6.03. The van der Waals surface area contributed by atoms with Crippen LogP contribution in [0.25, 0.3) is 0 Å². The lowest BCUT2D eigenvalue weighted by Gasteiger charge is -2.07. The van der Waals surface area contributed by atoms with Crippen molar-refractivity contribution in [3.8, 4) is 0 Å². The number of nitrogens with two attached hydrogens (primary N) is 1. The van der Waals surface area contributed by atoms with Gasteiger partial charge in [0.1, 0.15) is 11.6 Å². The Morgan fingerprint density at radius 3 is 2.71 bits per heavy atom. The zero-order chi connectivity index (χ0) is 15.4. The average molecular weight is 292 g/mol. The van der Waals surface area contributed by atoms with E-state index in [1.54, 1.807) is 6.07 Å². The maximum Gasteiger partial charge on any atom is 0.337 e. The molecule has 2 aromatic rings. The van der Waals surface area contributed by atoms with Gasteiger partial charge in [0.2, 0.25) is 0 Å². The second-order valence-electron chi connectivity index (χ2n) is 4.11. The highest BCUT2D eigenvalue weighted by Crippen LogP contribution is 2.18. The molecular formula is C14H13FN2O4. The molecule has 0 spiro atoms.